The summed E-state index contributed by atoms with van der Waals surface area (Å²) in [7, 11) is 0. The van der Waals surface area contributed by atoms with E-state index in [1.807, 2.05) is 17.5 Å². The van der Waals surface area contributed by atoms with E-state index in [9.17, 15) is 14.4 Å². The fourth-order valence-electron chi connectivity index (χ4n) is 3.04. The van der Waals surface area contributed by atoms with E-state index in [-0.39, 0.29) is 13.3 Å². The van der Waals surface area contributed by atoms with E-state index in [1.54, 1.807) is 25.1 Å². The van der Waals surface area contributed by atoms with Crippen molar-refractivity contribution in [3.8, 4) is 11.5 Å². The molecule has 1 atom stereocenters. The predicted molar refractivity (Wildman–Crippen MR) is 96.3 cm³/mol. The van der Waals surface area contributed by atoms with Crippen LogP contribution in [0, 0.1) is 0 Å². The standard InChI is InChI=1S/C18H17N3O5S/c1-18(11-4-5-13-14(7-11)26-10-25-13)16(23)21(17(24)20-18)9-15(22)19-8-12-3-2-6-27-12/h2-7H,8-10H2,1H3,(H,19,22)(H,20,24). The Morgan fingerprint density at radius 2 is 2.11 bits per heavy atom. The highest BCUT2D eigenvalue weighted by Gasteiger charge is 2.49. The minimum atomic E-state index is -1.27. The van der Waals surface area contributed by atoms with Crippen molar-refractivity contribution in [3.05, 3.63) is 46.2 Å². The molecule has 1 fully saturated rings. The first-order chi connectivity index (χ1) is 13.0. The quantitative estimate of drug-likeness (QED) is 0.759. The van der Waals surface area contributed by atoms with Gasteiger partial charge in [0.15, 0.2) is 11.5 Å². The van der Waals surface area contributed by atoms with E-state index in [1.165, 1.54) is 11.3 Å². The third-order valence-corrected chi connectivity index (χ3v) is 5.44. The second-order valence-electron chi connectivity index (χ2n) is 6.37. The zero-order valence-corrected chi connectivity index (χ0v) is 15.3. The predicted octanol–water partition coefficient (Wildman–Crippen LogP) is 1.56. The lowest BCUT2D eigenvalue weighted by Crippen LogP contribution is -2.43. The lowest BCUT2D eigenvalue weighted by Gasteiger charge is -2.22. The molecule has 27 heavy (non-hydrogen) atoms. The van der Waals surface area contributed by atoms with Crippen LogP contribution in [0.15, 0.2) is 35.7 Å². The van der Waals surface area contributed by atoms with Crippen LogP contribution in [-0.2, 0) is 21.7 Å². The van der Waals surface area contributed by atoms with Crippen LogP contribution < -0.4 is 20.1 Å². The fraction of sp³-hybridized carbons (Fsp3) is 0.278. The molecule has 1 unspecified atom stereocenters. The van der Waals surface area contributed by atoms with Gasteiger partial charge in [-0.15, -0.1) is 11.3 Å². The number of carbonyl (C=O) groups is 3. The van der Waals surface area contributed by atoms with Crippen molar-refractivity contribution in [2.24, 2.45) is 0 Å². The van der Waals surface area contributed by atoms with Crippen LogP contribution in [0.5, 0.6) is 11.5 Å². The molecule has 3 heterocycles. The van der Waals surface area contributed by atoms with E-state index in [2.05, 4.69) is 10.6 Å². The lowest BCUT2D eigenvalue weighted by atomic mass is 9.91. The molecule has 0 aliphatic carbocycles. The molecule has 2 aliphatic rings. The van der Waals surface area contributed by atoms with Crippen molar-refractivity contribution < 1.29 is 23.9 Å². The molecule has 1 aromatic carbocycles. The van der Waals surface area contributed by atoms with E-state index in [0.717, 1.165) is 9.78 Å². The Hall–Kier alpha value is -3.07. The van der Waals surface area contributed by atoms with E-state index in [4.69, 9.17) is 9.47 Å². The minimum Gasteiger partial charge on any atom is -0.454 e. The maximum atomic E-state index is 12.9. The minimum absolute atomic E-state index is 0.117. The van der Waals surface area contributed by atoms with Gasteiger partial charge < -0.3 is 20.1 Å². The molecule has 0 spiro atoms. The smallest absolute Gasteiger partial charge is 0.325 e. The van der Waals surface area contributed by atoms with Gasteiger partial charge in [-0.1, -0.05) is 12.1 Å². The summed E-state index contributed by atoms with van der Waals surface area (Å²) in [6.07, 6.45) is 0. The van der Waals surface area contributed by atoms with Gasteiger partial charge in [-0.2, -0.15) is 0 Å². The summed E-state index contributed by atoms with van der Waals surface area (Å²) in [6, 6.07) is 8.24. The molecule has 0 bridgehead atoms. The Morgan fingerprint density at radius 1 is 1.30 bits per heavy atom. The molecule has 4 rings (SSSR count). The summed E-state index contributed by atoms with van der Waals surface area (Å²) < 4.78 is 10.6. The zero-order valence-electron chi connectivity index (χ0n) is 14.5. The summed E-state index contributed by atoms with van der Waals surface area (Å²) in [5.41, 5.74) is -0.710. The lowest BCUT2D eigenvalue weighted by molar-refractivity contribution is -0.134. The molecule has 0 radical (unpaired) electrons. The maximum absolute atomic E-state index is 12.9. The van der Waals surface area contributed by atoms with Gasteiger partial charge in [0.1, 0.15) is 12.1 Å². The van der Waals surface area contributed by atoms with E-state index >= 15 is 0 Å². The molecule has 1 aromatic heterocycles. The number of hydrogen-bond donors (Lipinski definition) is 2. The topological polar surface area (TPSA) is 97.0 Å². The number of hydrogen-bond acceptors (Lipinski definition) is 6. The second kappa shape index (κ2) is 6.58. The number of amides is 4. The Labute approximate surface area is 159 Å². The van der Waals surface area contributed by atoms with Gasteiger partial charge in [-0.25, -0.2) is 4.79 Å². The van der Waals surface area contributed by atoms with Crippen molar-refractivity contribution in [1.29, 1.82) is 0 Å². The number of ether oxygens (including phenoxy) is 2. The Bertz CT molecular complexity index is 914. The Morgan fingerprint density at radius 3 is 2.89 bits per heavy atom. The first-order valence-corrected chi connectivity index (χ1v) is 9.18. The van der Waals surface area contributed by atoms with Crippen LogP contribution >= 0.6 is 11.3 Å². The number of imide groups is 1. The fourth-order valence-corrected chi connectivity index (χ4v) is 3.69. The van der Waals surface area contributed by atoms with E-state index in [0.29, 0.717) is 23.6 Å². The summed E-state index contributed by atoms with van der Waals surface area (Å²) >= 11 is 1.52. The molecular weight excluding hydrogens is 370 g/mol. The van der Waals surface area contributed by atoms with Crippen molar-refractivity contribution in [2.45, 2.75) is 19.0 Å². The van der Waals surface area contributed by atoms with Gasteiger partial charge in [-0.05, 0) is 36.1 Å². The summed E-state index contributed by atoms with van der Waals surface area (Å²) in [5, 5.41) is 7.30. The van der Waals surface area contributed by atoms with Gasteiger partial charge in [0, 0.05) is 4.88 Å². The van der Waals surface area contributed by atoms with Gasteiger partial charge in [0.05, 0.1) is 6.54 Å². The highest BCUT2D eigenvalue weighted by Crippen LogP contribution is 2.37. The third kappa shape index (κ3) is 3.10. The van der Waals surface area contributed by atoms with Crippen LogP contribution in [0.2, 0.25) is 0 Å². The molecule has 2 N–H and O–H groups in total. The number of fused-ring (bicyclic) bond motifs is 1. The van der Waals surface area contributed by atoms with Crippen molar-refractivity contribution in [1.82, 2.24) is 15.5 Å². The number of urea groups is 1. The average Bonchev–Trinajstić information content (AvgIpc) is 3.37. The van der Waals surface area contributed by atoms with Gasteiger partial charge in [0.2, 0.25) is 12.7 Å². The molecule has 0 saturated carbocycles. The van der Waals surface area contributed by atoms with Crippen molar-refractivity contribution >= 4 is 29.2 Å². The van der Waals surface area contributed by atoms with Gasteiger partial charge in [-0.3, -0.25) is 14.5 Å². The van der Waals surface area contributed by atoms with Crippen LogP contribution in [0.1, 0.15) is 17.4 Å². The molecule has 4 amide bonds. The van der Waals surface area contributed by atoms with Crippen LogP contribution in [0.3, 0.4) is 0 Å². The normalized spacial score (nSPS) is 20.7. The third-order valence-electron chi connectivity index (χ3n) is 4.57. The second-order valence-corrected chi connectivity index (χ2v) is 7.40. The highest BCUT2D eigenvalue weighted by molar-refractivity contribution is 7.09. The van der Waals surface area contributed by atoms with Crippen LogP contribution in [0.4, 0.5) is 4.79 Å². The molecule has 2 aliphatic heterocycles. The van der Waals surface area contributed by atoms with Crippen molar-refractivity contribution in [2.75, 3.05) is 13.3 Å². The molecule has 2 aromatic rings. The van der Waals surface area contributed by atoms with Gasteiger partial charge in [0.25, 0.3) is 5.91 Å². The molecular formula is C18H17N3O5S. The Kier molecular flexibility index (Phi) is 4.23. The van der Waals surface area contributed by atoms with Crippen LogP contribution in [-0.4, -0.2) is 36.1 Å². The maximum Gasteiger partial charge on any atom is 0.325 e. The van der Waals surface area contributed by atoms with Crippen molar-refractivity contribution in [3.63, 3.8) is 0 Å². The number of nitrogens with zero attached hydrogens (tertiary/aromatic N) is 1. The highest BCUT2D eigenvalue weighted by atomic mass is 32.1. The average molecular weight is 387 g/mol. The summed E-state index contributed by atoms with van der Waals surface area (Å²) in [6.45, 7) is 1.75. The zero-order chi connectivity index (χ0) is 19.0. The number of thiophene rings is 1. The first-order valence-electron chi connectivity index (χ1n) is 8.31. The number of carbonyl (C=O) groups excluding carboxylic acids is 3. The monoisotopic (exact) mass is 387 g/mol. The first kappa shape index (κ1) is 17.3. The van der Waals surface area contributed by atoms with E-state index < -0.39 is 23.4 Å². The molecule has 8 nitrogen and oxygen atoms in total. The largest absolute Gasteiger partial charge is 0.454 e. The molecule has 1 saturated heterocycles. The SMILES string of the molecule is CC1(c2ccc3c(c2)OCO3)NC(=O)N(CC(=O)NCc2cccs2)C1=O. The summed E-state index contributed by atoms with van der Waals surface area (Å²) in [5.74, 6) is 0.214. The van der Waals surface area contributed by atoms with Gasteiger partial charge >= 0.3 is 6.03 Å². The number of rotatable bonds is 5. The van der Waals surface area contributed by atoms with Crippen LogP contribution in [0.25, 0.3) is 0 Å². The Balaban J connectivity index is 1.47. The molecule has 140 valence electrons. The summed E-state index contributed by atoms with van der Waals surface area (Å²) in [4.78, 5) is 39.3. The number of nitrogens with one attached hydrogen (secondary N) is 2. The molecule has 9 heteroatoms. The number of benzene rings is 1.